The van der Waals surface area contributed by atoms with Crippen LogP contribution in [0.3, 0.4) is 0 Å². The molecule has 8 nitrogen and oxygen atoms in total. The van der Waals surface area contributed by atoms with Crippen molar-refractivity contribution in [2.45, 2.75) is 52.5 Å². The molecule has 4 aromatic rings. The van der Waals surface area contributed by atoms with Gasteiger partial charge >= 0.3 is 0 Å². The molecule has 0 bridgehead atoms. The predicted molar refractivity (Wildman–Crippen MR) is 135 cm³/mol. The number of benzene rings is 1. The number of fused-ring (bicyclic) bond motifs is 2. The summed E-state index contributed by atoms with van der Waals surface area (Å²) in [6, 6.07) is 12.3. The minimum Gasteiger partial charge on any atom is -0.324 e. The summed E-state index contributed by atoms with van der Waals surface area (Å²) in [4.78, 5) is 27.2. The highest BCUT2D eigenvalue weighted by molar-refractivity contribution is 5.77. The lowest BCUT2D eigenvalue weighted by Gasteiger charge is -2.19. The van der Waals surface area contributed by atoms with Gasteiger partial charge in [-0.2, -0.15) is 4.98 Å². The SMILES string of the molecule is CCn1c(=O)c2cnc(Nc3ccc4c(c3)CCNCC4)nc2n1-c1cccc(C(C)(C)C)n1. The Morgan fingerprint density at radius 3 is 2.62 bits per heavy atom. The van der Waals surface area contributed by atoms with Gasteiger partial charge in [0.1, 0.15) is 5.39 Å². The molecule has 0 fully saturated rings. The van der Waals surface area contributed by atoms with E-state index < -0.39 is 0 Å². The van der Waals surface area contributed by atoms with Crippen molar-refractivity contribution < 1.29 is 0 Å². The Morgan fingerprint density at radius 1 is 1.06 bits per heavy atom. The van der Waals surface area contributed by atoms with Crippen molar-refractivity contribution in [2.75, 3.05) is 18.4 Å². The van der Waals surface area contributed by atoms with E-state index in [0.717, 1.165) is 37.3 Å². The first kappa shape index (κ1) is 22.3. The summed E-state index contributed by atoms with van der Waals surface area (Å²) in [7, 11) is 0. The molecule has 8 heteroatoms. The third-order valence-corrected chi connectivity index (χ3v) is 6.30. The lowest BCUT2D eigenvalue weighted by Crippen LogP contribution is -2.23. The molecule has 1 aliphatic rings. The third kappa shape index (κ3) is 4.09. The van der Waals surface area contributed by atoms with Crippen LogP contribution in [0.1, 0.15) is 44.5 Å². The minimum atomic E-state index is -0.121. The van der Waals surface area contributed by atoms with Crippen LogP contribution in [0.25, 0.3) is 16.9 Å². The molecule has 34 heavy (non-hydrogen) atoms. The van der Waals surface area contributed by atoms with Gasteiger partial charge in [-0.1, -0.05) is 32.9 Å². The zero-order valence-electron chi connectivity index (χ0n) is 20.2. The molecule has 1 aromatic carbocycles. The molecule has 1 aliphatic heterocycles. The molecular weight excluding hydrogens is 426 g/mol. The first-order chi connectivity index (χ1) is 16.3. The van der Waals surface area contributed by atoms with Crippen LogP contribution < -0.4 is 16.2 Å². The van der Waals surface area contributed by atoms with Crippen molar-refractivity contribution in [1.29, 1.82) is 0 Å². The van der Waals surface area contributed by atoms with Crippen molar-refractivity contribution in [3.63, 3.8) is 0 Å². The maximum Gasteiger partial charge on any atom is 0.278 e. The van der Waals surface area contributed by atoms with Gasteiger partial charge in [0.2, 0.25) is 5.95 Å². The summed E-state index contributed by atoms with van der Waals surface area (Å²) >= 11 is 0. The van der Waals surface area contributed by atoms with E-state index in [-0.39, 0.29) is 11.0 Å². The normalized spacial score (nSPS) is 14.1. The van der Waals surface area contributed by atoms with Gasteiger partial charge in [0, 0.05) is 29.5 Å². The second kappa shape index (κ2) is 8.68. The molecule has 0 radical (unpaired) electrons. The fraction of sp³-hybridized carbons (Fsp3) is 0.385. The van der Waals surface area contributed by atoms with E-state index in [0.29, 0.717) is 29.3 Å². The number of hydrogen-bond acceptors (Lipinski definition) is 6. The fourth-order valence-corrected chi connectivity index (χ4v) is 4.45. The molecule has 5 rings (SSSR count). The number of nitrogens with one attached hydrogen (secondary N) is 2. The standard InChI is InChI=1S/C26H31N7O/c1-5-32-24(34)20-16-28-25(29-19-10-9-17-11-13-27-14-12-18(17)15-19)31-23(20)33(32)22-8-6-7-21(30-22)26(2,3)4/h6-10,15-16,27H,5,11-14H2,1-4H3,(H,28,29,31). The first-order valence-electron chi connectivity index (χ1n) is 11.9. The second-order valence-corrected chi connectivity index (χ2v) is 9.75. The zero-order valence-corrected chi connectivity index (χ0v) is 20.2. The average Bonchev–Trinajstić information content (AvgIpc) is 2.95. The van der Waals surface area contributed by atoms with Crippen molar-refractivity contribution in [2.24, 2.45) is 0 Å². The Labute approximate surface area is 199 Å². The summed E-state index contributed by atoms with van der Waals surface area (Å²) in [6.07, 6.45) is 3.64. The summed E-state index contributed by atoms with van der Waals surface area (Å²) in [5.74, 6) is 1.12. The number of hydrogen-bond donors (Lipinski definition) is 2. The fourth-order valence-electron chi connectivity index (χ4n) is 4.45. The Balaban J connectivity index is 1.59. The van der Waals surface area contributed by atoms with Crippen LogP contribution >= 0.6 is 0 Å². The number of aromatic nitrogens is 5. The van der Waals surface area contributed by atoms with Crippen LogP contribution in [0, 0.1) is 0 Å². The lowest BCUT2D eigenvalue weighted by molar-refractivity contribution is 0.545. The Bertz CT molecular complexity index is 1410. The van der Waals surface area contributed by atoms with E-state index in [9.17, 15) is 4.79 Å². The van der Waals surface area contributed by atoms with E-state index in [2.05, 4.69) is 54.6 Å². The van der Waals surface area contributed by atoms with Gasteiger partial charge in [-0.15, -0.1) is 0 Å². The van der Waals surface area contributed by atoms with Crippen molar-refractivity contribution in [3.05, 3.63) is 69.8 Å². The van der Waals surface area contributed by atoms with Gasteiger partial charge in [0.25, 0.3) is 5.56 Å². The molecular formula is C26H31N7O. The largest absolute Gasteiger partial charge is 0.324 e. The second-order valence-electron chi connectivity index (χ2n) is 9.75. The van der Waals surface area contributed by atoms with Crippen LogP contribution in [0.4, 0.5) is 11.6 Å². The van der Waals surface area contributed by atoms with Gasteiger partial charge in [0.05, 0.1) is 0 Å². The third-order valence-electron chi connectivity index (χ3n) is 6.30. The van der Waals surface area contributed by atoms with E-state index in [1.807, 2.05) is 29.8 Å². The number of pyridine rings is 1. The number of anilines is 2. The van der Waals surface area contributed by atoms with Crippen LogP contribution in [0.5, 0.6) is 0 Å². The van der Waals surface area contributed by atoms with E-state index in [1.54, 1.807) is 10.9 Å². The van der Waals surface area contributed by atoms with E-state index >= 15 is 0 Å². The quantitative estimate of drug-likeness (QED) is 0.485. The lowest BCUT2D eigenvalue weighted by atomic mass is 9.92. The average molecular weight is 458 g/mol. The highest BCUT2D eigenvalue weighted by Crippen LogP contribution is 2.24. The smallest absolute Gasteiger partial charge is 0.278 e. The molecule has 0 saturated carbocycles. The predicted octanol–water partition coefficient (Wildman–Crippen LogP) is 3.73. The molecule has 2 N–H and O–H groups in total. The monoisotopic (exact) mass is 457 g/mol. The number of nitrogens with zero attached hydrogens (tertiary/aromatic N) is 5. The Hall–Kier alpha value is -3.52. The van der Waals surface area contributed by atoms with E-state index in [1.165, 1.54) is 11.1 Å². The van der Waals surface area contributed by atoms with Gasteiger partial charge in [-0.05, 0) is 68.2 Å². The number of rotatable bonds is 4. The van der Waals surface area contributed by atoms with Crippen LogP contribution in [0.2, 0.25) is 0 Å². The highest BCUT2D eigenvalue weighted by Gasteiger charge is 2.20. The molecule has 4 heterocycles. The molecule has 0 amide bonds. The van der Waals surface area contributed by atoms with Crippen LogP contribution in [-0.4, -0.2) is 37.4 Å². The van der Waals surface area contributed by atoms with Gasteiger partial charge < -0.3 is 10.6 Å². The summed E-state index contributed by atoms with van der Waals surface area (Å²) in [6.45, 7) is 10.8. The van der Waals surface area contributed by atoms with E-state index in [4.69, 9.17) is 9.97 Å². The van der Waals surface area contributed by atoms with Crippen molar-refractivity contribution in [1.82, 2.24) is 29.6 Å². The van der Waals surface area contributed by atoms with Crippen LogP contribution in [-0.2, 0) is 24.8 Å². The molecule has 0 saturated heterocycles. The zero-order chi connectivity index (χ0) is 23.9. The highest BCUT2D eigenvalue weighted by atomic mass is 16.1. The maximum atomic E-state index is 13.1. The molecule has 0 atom stereocenters. The molecule has 3 aromatic heterocycles. The maximum absolute atomic E-state index is 13.1. The van der Waals surface area contributed by atoms with Crippen molar-refractivity contribution >= 4 is 22.7 Å². The summed E-state index contributed by atoms with van der Waals surface area (Å²) in [5, 5.41) is 7.26. The Morgan fingerprint density at radius 2 is 1.85 bits per heavy atom. The molecule has 0 unspecified atom stereocenters. The Kier molecular flexibility index (Phi) is 5.69. The molecule has 0 spiro atoms. The van der Waals surface area contributed by atoms with Gasteiger partial charge in [-0.25, -0.2) is 19.3 Å². The topological polar surface area (TPSA) is 89.7 Å². The van der Waals surface area contributed by atoms with Crippen molar-refractivity contribution in [3.8, 4) is 5.82 Å². The van der Waals surface area contributed by atoms with Gasteiger partial charge in [0.15, 0.2) is 11.5 Å². The molecule has 176 valence electrons. The minimum absolute atomic E-state index is 0.112. The van der Waals surface area contributed by atoms with Crippen LogP contribution in [0.15, 0.2) is 47.4 Å². The first-order valence-corrected chi connectivity index (χ1v) is 11.9. The van der Waals surface area contributed by atoms with Gasteiger partial charge in [-0.3, -0.25) is 4.79 Å². The summed E-state index contributed by atoms with van der Waals surface area (Å²) in [5.41, 5.74) is 4.93. The molecule has 0 aliphatic carbocycles. The summed E-state index contributed by atoms with van der Waals surface area (Å²) < 4.78 is 3.47.